The zero-order valence-corrected chi connectivity index (χ0v) is 12.1. The minimum absolute atomic E-state index is 0.0383. The monoisotopic (exact) mass is 340 g/mol. The number of hydrogen-bond acceptors (Lipinski definition) is 3. The molecule has 0 atom stereocenters. The van der Waals surface area contributed by atoms with Crippen molar-refractivity contribution in [3.8, 4) is 0 Å². The molecule has 6 heteroatoms. The predicted molar refractivity (Wildman–Crippen MR) is 79.6 cm³/mol. The molecule has 19 heavy (non-hydrogen) atoms. The SMILES string of the molecule is O=[N+]([O-])c1cc(Br)ccc1NCc1cccc(Cl)c1. The number of hydrogen-bond donors (Lipinski definition) is 1. The molecule has 2 rings (SSSR count). The van der Waals surface area contributed by atoms with E-state index in [0.29, 0.717) is 21.7 Å². The molecule has 0 bridgehead atoms. The molecule has 0 amide bonds. The zero-order chi connectivity index (χ0) is 13.8. The average molecular weight is 342 g/mol. The highest BCUT2D eigenvalue weighted by Gasteiger charge is 2.13. The van der Waals surface area contributed by atoms with Gasteiger partial charge in [0.2, 0.25) is 0 Å². The van der Waals surface area contributed by atoms with Crippen molar-refractivity contribution >= 4 is 38.9 Å². The summed E-state index contributed by atoms with van der Waals surface area (Å²) in [7, 11) is 0. The van der Waals surface area contributed by atoms with Crippen LogP contribution in [0.25, 0.3) is 0 Å². The van der Waals surface area contributed by atoms with E-state index in [2.05, 4.69) is 21.2 Å². The van der Waals surface area contributed by atoms with Crippen LogP contribution in [-0.4, -0.2) is 4.92 Å². The summed E-state index contributed by atoms with van der Waals surface area (Å²) in [5, 5.41) is 14.7. The summed E-state index contributed by atoms with van der Waals surface area (Å²) in [6.07, 6.45) is 0. The van der Waals surface area contributed by atoms with E-state index in [1.54, 1.807) is 18.2 Å². The zero-order valence-electron chi connectivity index (χ0n) is 9.77. The number of nitro groups is 1. The van der Waals surface area contributed by atoms with Crippen LogP contribution in [0.15, 0.2) is 46.9 Å². The molecule has 4 nitrogen and oxygen atoms in total. The van der Waals surface area contributed by atoms with Gasteiger partial charge in [-0.15, -0.1) is 0 Å². The molecule has 0 heterocycles. The third-order valence-corrected chi connectivity index (χ3v) is 3.26. The van der Waals surface area contributed by atoms with Crippen LogP contribution in [-0.2, 0) is 6.54 Å². The summed E-state index contributed by atoms with van der Waals surface area (Å²) in [4.78, 5) is 10.6. The third kappa shape index (κ3) is 3.68. The average Bonchev–Trinajstić information content (AvgIpc) is 2.37. The molecule has 0 aliphatic carbocycles. The van der Waals surface area contributed by atoms with Gasteiger partial charge in [0.15, 0.2) is 0 Å². The Labute approximate surface area is 123 Å². The minimum atomic E-state index is -0.412. The van der Waals surface area contributed by atoms with Gasteiger partial charge in [0.05, 0.1) is 4.92 Å². The Bertz CT molecular complexity index is 619. The first-order valence-electron chi connectivity index (χ1n) is 5.48. The van der Waals surface area contributed by atoms with Gasteiger partial charge in [0.1, 0.15) is 5.69 Å². The first-order chi connectivity index (χ1) is 9.06. The number of nitrogens with zero attached hydrogens (tertiary/aromatic N) is 1. The molecular weight excluding hydrogens is 332 g/mol. The van der Waals surface area contributed by atoms with Gasteiger partial charge in [0.25, 0.3) is 5.69 Å². The molecule has 0 saturated heterocycles. The number of benzene rings is 2. The molecule has 0 aromatic heterocycles. The van der Waals surface area contributed by atoms with E-state index < -0.39 is 4.92 Å². The second kappa shape index (κ2) is 6.04. The Morgan fingerprint density at radius 3 is 2.74 bits per heavy atom. The maximum absolute atomic E-state index is 11.0. The fourth-order valence-electron chi connectivity index (χ4n) is 1.65. The summed E-state index contributed by atoms with van der Waals surface area (Å²) in [5.41, 5.74) is 1.48. The second-order valence-electron chi connectivity index (χ2n) is 3.90. The molecule has 0 unspecified atom stereocenters. The van der Waals surface area contributed by atoms with Gasteiger partial charge in [-0.25, -0.2) is 0 Å². The van der Waals surface area contributed by atoms with Crippen molar-refractivity contribution in [1.29, 1.82) is 0 Å². The van der Waals surface area contributed by atoms with Crippen molar-refractivity contribution in [2.75, 3.05) is 5.32 Å². The highest BCUT2D eigenvalue weighted by molar-refractivity contribution is 9.10. The lowest BCUT2D eigenvalue weighted by Gasteiger charge is -2.07. The molecule has 1 N–H and O–H groups in total. The van der Waals surface area contributed by atoms with Crippen molar-refractivity contribution in [3.63, 3.8) is 0 Å². The summed E-state index contributed by atoms with van der Waals surface area (Å²) < 4.78 is 0.674. The summed E-state index contributed by atoms with van der Waals surface area (Å²) in [5.74, 6) is 0. The highest BCUT2D eigenvalue weighted by atomic mass is 79.9. The maximum atomic E-state index is 11.0. The van der Waals surface area contributed by atoms with Crippen LogP contribution >= 0.6 is 27.5 Å². The molecule has 2 aromatic rings. The molecule has 0 saturated carbocycles. The predicted octanol–water partition coefficient (Wildman–Crippen LogP) is 4.62. The second-order valence-corrected chi connectivity index (χ2v) is 5.25. The molecule has 0 aliphatic rings. The Balaban J connectivity index is 2.17. The summed E-state index contributed by atoms with van der Waals surface area (Å²) in [6, 6.07) is 12.3. The standard InChI is InChI=1S/C13H10BrClN2O2/c14-10-4-5-12(13(7-10)17(18)19)16-8-9-2-1-3-11(15)6-9/h1-7,16H,8H2. The van der Waals surface area contributed by atoms with Gasteiger partial charge < -0.3 is 5.32 Å². The Hall–Kier alpha value is -1.59. The van der Waals surface area contributed by atoms with Gasteiger partial charge in [0, 0.05) is 22.1 Å². The minimum Gasteiger partial charge on any atom is -0.375 e. The van der Waals surface area contributed by atoms with E-state index in [-0.39, 0.29) is 5.69 Å². The van der Waals surface area contributed by atoms with E-state index >= 15 is 0 Å². The first-order valence-corrected chi connectivity index (χ1v) is 6.65. The molecular formula is C13H10BrClN2O2. The molecule has 98 valence electrons. The normalized spacial score (nSPS) is 10.2. The van der Waals surface area contributed by atoms with E-state index in [1.165, 1.54) is 6.07 Å². The van der Waals surface area contributed by atoms with E-state index in [4.69, 9.17) is 11.6 Å². The number of anilines is 1. The van der Waals surface area contributed by atoms with Crippen LogP contribution in [0.1, 0.15) is 5.56 Å². The van der Waals surface area contributed by atoms with Crippen molar-refractivity contribution in [3.05, 3.63) is 67.6 Å². The number of rotatable bonds is 4. The lowest BCUT2D eigenvalue weighted by atomic mass is 10.2. The lowest BCUT2D eigenvalue weighted by Crippen LogP contribution is -2.02. The lowest BCUT2D eigenvalue weighted by molar-refractivity contribution is -0.384. The van der Waals surface area contributed by atoms with Gasteiger partial charge in [-0.2, -0.15) is 0 Å². The first kappa shape index (κ1) is 13.8. The van der Waals surface area contributed by atoms with Gasteiger partial charge in [-0.05, 0) is 29.8 Å². The third-order valence-electron chi connectivity index (χ3n) is 2.53. The van der Waals surface area contributed by atoms with Gasteiger partial charge in [-0.1, -0.05) is 39.7 Å². The van der Waals surface area contributed by atoms with Crippen LogP contribution in [0.2, 0.25) is 5.02 Å². The quantitative estimate of drug-likeness (QED) is 0.652. The smallest absolute Gasteiger partial charge is 0.293 e. The van der Waals surface area contributed by atoms with Crippen molar-refractivity contribution < 1.29 is 4.92 Å². The largest absolute Gasteiger partial charge is 0.375 e. The van der Waals surface area contributed by atoms with E-state index in [0.717, 1.165) is 5.56 Å². The van der Waals surface area contributed by atoms with Crippen LogP contribution in [0.5, 0.6) is 0 Å². The number of nitro benzene ring substituents is 1. The highest BCUT2D eigenvalue weighted by Crippen LogP contribution is 2.28. The molecule has 2 aromatic carbocycles. The van der Waals surface area contributed by atoms with Crippen molar-refractivity contribution in [2.45, 2.75) is 6.54 Å². The fraction of sp³-hybridized carbons (Fsp3) is 0.0769. The van der Waals surface area contributed by atoms with Crippen molar-refractivity contribution in [1.82, 2.24) is 0 Å². The van der Waals surface area contributed by atoms with Gasteiger partial charge >= 0.3 is 0 Å². The van der Waals surface area contributed by atoms with Crippen LogP contribution < -0.4 is 5.32 Å². The Morgan fingerprint density at radius 1 is 1.26 bits per heavy atom. The van der Waals surface area contributed by atoms with E-state index in [9.17, 15) is 10.1 Å². The molecule has 0 aliphatic heterocycles. The topological polar surface area (TPSA) is 55.2 Å². The molecule has 0 fully saturated rings. The summed E-state index contributed by atoms with van der Waals surface area (Å²) >= 11 is 9.11. The molecule has 0 spiro atoms. The van der Waals surface area contributed by atoms with Crippen LogP contribution in [0.3, 0.4) is 0 Å². The maximum Gasteiger partial charge on any atom is 0.293 e. The Morgan fingerprint density at radius 2 is 2.05 bits per heavy atom. The molecule has 0 radical (unpaired) electrons. The van der Waals surface area contributed by atoms with E-state index in [1.807, 2.05) is 18.2 Å². The number of halogens is 2. The number of nitrogens with one attached hydrogen (secondary N) is 1. The summed E-state index contributed by atoms with van der Waals surface area (Å²) in [6.45, 7) is 0.475. The van der Waals surface area contributed by atoms with Gasteiger partial charge in [-0.3, -0.25) is 10.1 Å². The fourth-order valence-corrected chi connectivity index (χ4v) is 2.21. The van der Waals surface area contributed by atoms with Crippen LogP contribution in [0, 0.1) is 10.1 Å². The Kier molecular flexibility index (Phi) is 4.39. The van der Waals surface area contributed by atoms with Crippen molar-refractivity contribution in [2.24, 2.45) is 0 Å². The van der Waals surface area contributed by atoms with Crippen LogP contribution in [0.4, 0.5) is 11.4 Å².